The largest absolute Gasteiger partial charge is 0.341 e. The van der Waals surface area contributed by atoms with Crippen molar-refractivity contribution in [1.29, 1.82) is 5.41 Å². The minimum atomic E-state index is -0.452. The summed E-state index contributed by atoms with van der Waals surface area (Å²) >= 11 is 0. The normalized spacial score (nSPS) is 28.8. The molecule has 1 heterocycles. The highest BCUT2D eigenvalue weighted by Crippen LogP contribution is 2.45. The lowest BCUT2D eigenvalue weighted by Gasteiger charge is -2.44. The first-order valence-electron chi connectivity index (χ1n) is 8.31. The molecule has 0 radical (unpaired) electrons. The molecule has 3 aliphatic rings. The van der Waals surface area contributed by atoms with Gasteiger partial charge in [-0.2, -0.15) is 0 Å². The molecule has 2 saturated carbocycles. The van der Waals surface area contributed by atoms with Crippen molar-refractivity contribution in [3.63, 3.8) is 0 Å². The molecule has 0 aromatic heterocycles. The van der Waals surface area contributed by atoms with Gasteiger partial charge in [0, 0.05) is 7.05 Å². The average Bonchev–Trinajstić information content (AvgIpc) is 2.74. The van der Waals surface area contributed by atoms with E-state index in [1.807, 2.05) is 0 Å². The fourth-order valence-electron chi connectivity index (χ4n) is 4.71. The van der Waals surface area contributed by atoms with E-state index in [4.69, 9.17) is 5.41 Å². The molecule has 0 atom stereocenters. The molecule has 2 aliphatic carbocycles. The first-order chi connectivity index (χ1) is 9.66. The molecule has 1 aliphatic heterocycles. The van der Waals surface area contributed by atoms with Crippen molar-refractivity contribution in [1.82, 2.24) is 10.2 Å². The summed E-state index contributed by atoms with van der Waals surface area (Å²) in [7, 11) is 1.76. The molecule has 3 rings (SSSR count). The maximum atomic E-state index is 13.0. The van der Waals surface area contributed by atoms with Gasteiger partial charge in [0.05, 0.1) is 0 Å². The quantitative estimate of drug-likeness (QED) is 0.815. The molecule has 0 aromatic carbocycles. The SMILES string of the molecule is CN1C(=N)NC(C2CCCCC2)(C2CCCCC2)C1=O. The summed E-state index contributed by atoms with van der Waals surface area (Å²) in [5.74, 6) is 1.33. The first kappa shape index (κ1) is 13.9. The molecule has 0 unspecified atom stereocenters. The maximum Gasteiger partial charge on any atom is 0.255 e. The first-order valence-corrected chi connectivity index (χ1v) is 8.31. The zero-order valence-electron chi connectivity index (χ0n) is 12.6. The third-order valence-electron chi connectivity index (χ3n) is 5.82. The number of amides is 1. The molecule has 4 nitrogen and oxygen atoms in total. The topological polar surface area (TPSA) is 56.2 Å². The Hall–Kier alpha value is -1.06. The predicted molar refractivity (Wildman–Crippen MR) is 79.5 cm³/mol. The highest BCUT2D eigenvalue weighted by molar-refractivity contribution is 6.08. The highest BCUT2D eigenvalue weighted by Gasteiger charge is 2.57. The van der Waals surface area contributed by atoms with E-state index in [2.05, 4.69) is 5.32 Å². The summed E-state index contributed by atoms with van der Waals surface area (Å²) in [5.41, 5.74) is -0.452. The van der Waals surface area contributed by atoms with Gasteiger partial charge >= 0.3 is 0 Å². The highest BCUT2D eigenvalue weighted by atomic mass is 16.2. The van der Waals surface area contributed by atoms with Crippen LogP contribution in [-0.2, 0) is 4.79 Å². The van der Waals surface area contributed by atoms with Gasteiger partial charge in [0.25, 0.3) is 5.91 Å². The maximum absolute atomic E-state index is 13.0. The van der Waals surface area contributed by atoms with Gasteiger partial charge in [0.1, 0.15) is 5.54 Å². The number of hydrogen-bond acceptors (Lipinski definition) is 2. The van der Waals surface area contributed by atoms with Gasteiger partial charge < -0.3 is 5.32 Å². The Labute approximate surface area is 121 Å². The van der Waals surface area contributed by atoms with Crippen molar-refractivity contribution in [2.24, 2.45) is 11.8 Å². The average molecular weight is 277 g/mol. The lowest BCUT2D eigenvalue weighted by Crippen LogP contribution is -2.59. The summed E-state index contributed by atoms with van der Waals surface area (Å²) in [6.07, 6.45) is 12.2. The fraction of sp³-hybridized carbons (Fsp3) is 0.875. The summed E-state index contributed by atoms with van der Waals surface area (Å²) in [6.45, 7) is 0. The molecule has 20 heavy (non-hydrogen) atoms. The van der Waals surface area contributed by atoms with E-state index in [0.717, 1.165) is 25.7 Å². The van der Waals surface area contributed by atoms with Gasteiger partial charge in [-0.25, -0.2) is 0 Å². The van der Waals surface area contributed by atoms with Gasteiger partial charge in [0.15, 0.2) is 5.96 Å². The Morgan fingerprint density at radius 2 is 1.45 bits per heavy atom. The Bertz CT molecular complexity index is 377. The van der Waals surface area contributed by atoms with E-state index in [1.165, 1.54) is 38.5 Å². The number of likely N-dealkylation sites (N-methyl/N-ethyl adjacent to an activating group) is 1. The Morgan fingerprint density at radius 3 is 1.80 bits per heavy atom. The van der Waals surface area contributed by atoms with E-state index in [0.29, 0.717) is 17.8 Å². The Balaban J connectivity index is 1.93. The fourth-order valence-corrected chi connectivity index (χ4v) is 4.71. The second-order valence-corrected chi connectivity index (χ2v) is 6.88. The number of carbonyl (C=O) groups excluding carboxylic acids is 1. The van der Waals surface area contributed by atoms with Gasteiger partial charge in [-0.1, -0.05) is 38.5 Å². The Morgan fingerprint density at radius 1 is 1.00 bits per heavy atom. The van der Waals surface area contributed by atoms with Gasteiger partial charge in [0.2, 0.25) is 0 Å². The second-order valence-electron chi connectivity index (χ2n) is 6.88. The van der Waals surface area contributed by atoms with Crippen LogP contribution in [0.4, 0.5) is 0 Å². The van der Waals surface area contributed by atoms with Crippen LogP contribution >= 0.6 is 0 Å². The lowest BCUT2D eigenvalue weighted by molar-refractivity contribution is -0.136. The van der Waals surface area contributed by atoms with Crippen molar-refractivity contribution >= 4 is 11.9 Å². The number of rotatable bonds is 2. The van der Waals surface area contributed by atoms with Crippen molar-refractivity contribution in [3.05, 3.63) is 0 Å². The van der Waals surface area contributed by atoms with E-state index in [-0.39, 0.29) is 5.91 Å². The number of hydrogen-bond donors (Lipinski definition) is 2. The Kier molecular flexibility index (Phi) is 3.74. The molecular weight excluding hydrogens is 250 g/mol. The van der Waals surface area contributed by atoms with Crippen LogP contribution in [0.2, 0.25) is 0 Å². The van der Waals surface area contributed by atoms with Crippen LogP contribution < -0.4 is 5.32 Å². The van der Waals surface area contributed by atoms with E-state index in [9.17, 15) is 4.79 Å². The summed E-state index contributed by atoms with van der Waals surface area (Å²) in [5, 5.41) is 11.4. The molecule has 0 spiro atoms. The van der Waals surface area contributed by atoms with Crippen molar-refractivity contribution in [2.75, 3.05) is 7.05 Å². The molecule has 3 fully saturated rings. The summed E-state index contributed by atoms with van der Waals surface area (Å²) in [4.78, 5) is 14.5. The number of carbonyl (C=O) groups is 1. The second kappa shape index (κ2) is 5.38. The minimum Gasteiger partial charge on any atom is -0.341 e. The van der Waals surface area contributed by atoms with Gasteiger partial charge in [-0.05, 0) is 37.5 Å². The van der Waals surface area contributed by atoms with Crippen molar-refractivity contribution in [2.45, 2.75) is 69.7 Å². The van der Waals surface area contributed by atoms with Crippen LogP contribution in [0.1, 0.15) is 64.2 Å². The van der Waals surface area contributed by atoms with Crippen molar-refractivity contribution in [3.8, 4) is 0 Å². The molecule has 4 heteroatoms. The van der Waals surface area contributed by atoms with Crippen LogP contribution in [0.25, 0.3) is 0 Å². The number of guanidine groups is 1. The van der Waals surface area contributed by atoms with Crippen LogP contribution in [0.3, 0.4) is 0 Å². The molecule has 1 saturated heterocycles. The third-order valence-corrected chi connectivity index (χ3v) is 5.82. The van der Waals surface area contributed by atoms with Crippen LogP contribution in [0, 0.1) is 17.2 Å². The molecule has 1 amide bonds. The van der Waals surface area contributed by atoms with Crippen LogP contribution in [-0.4, -0.2) is 29.4 Å². The molecule has 0 bridgehead atoms. The monoisotopic (exact) mass is 277 g/mol. The van der Waals surface area contributed by atoms with Crippen LogP contribution in [0.15, 0.2) is 0 Å². The smallest absolute Gasteiger partial charge is 0.255 e. The predicted octanol–water partition coefficient (Wildman–Crippen LogP) is 2.88. The van der Waals surface area contributed by atoms with Gasteiger partial charge in [-0.15, -0.1) is 0 Å². The van der Waals surface area contributed by atoms with Gasteiger partial charge in [-0.3, -0.25) is 15.1 Å². The molecule has 112 valence electrons. The number of nitrogens with one attached hydrogen (secondary N) is 2. The molecular formula is C16H27N3O. The third kappa shape index (κ3) is 2.04. The number of nitrogens with zero attached hydrogens (tertiary/aromatic N) is 1. The van der Waals surface area contributed by atoms with Crippen molar-refractivity contribution < 1.29 is 4.79 Å². The zero-order valence-corrected chi connectivity index (χ0v) is 12.6. The zero-order chi connectivity index (χ0) is 14.2. The molecule has 2 N–H and O–H groups in total. The van der Waals surface area contributed by atoms with E-state index >= 15 is 0 Å². The van der Waals surface area contributed by atoms with E-state index < -0.39 is 5.54 Å². The van der Waals surface area contributed by atoms with E-state index in [1.54, 1.807) is 11.9 Å². The standard InChI is InChI=1S/C16H27N3O/c1-19-14(20)16(18-15(19)17,12-8-4-2-5-9-12)13-10-6-3-7-11-13/h12-13H,2-11H2,1H3,(H2,17,18). The minimum absolute atomic E-state index is 0.168. The summed E-state index contributed by atoms with van der Waals surface area (Å²) in [6, 6.07) is 0. The lowest BCUT2D eigenvalue weighted by atomic mass is 9.64. The molecule has 0 aromatic rings. The summed E-state index contributed by atoms with van der Waals surface area (Å²) < 4.78 is 0. The van der Waals surface area contributed by atoms with Crippen LogP contribution in [0.5, 0.6) is 0 Å².